The van der Waals surface area contributed by atoms with Gasteiger partial charge in [-0.3, -0.25) is 0 Å². The molecule has 1 aromatic carbocycles. The molecule has 9 heteroatoms. The summed E-state index contributed by atoms with van der Waals surface area (Å²) in [6, 6.07) is 8.82. The molecule has 0 radical (unpaired) electrons. The Bertz CT molecular complexity index is 1090. The Morgan fingerprint density at radius 2 is 1.72 bits per heavy atom. The number of benzene rings is 1. The summed E-state index contributed by atoms with van der Waals surface area (Å²) in [5.74, 6) is 0.408. The zero-order chi connectivity index (χ0) is 24.4. The van der Waals surface area contributed by atoms with Crippen molar-refractivity contribution >= 4 is 24.1 Å². The number of aromatic nitrogens is 2. The van der Waals surface area contributed by atoms with Crippen molar-refractivity contribution in [3.8, 4) is 11.4 Å². The number of carbonyl (C=O) groups is 1. The topological polar surface area (TPSA) is 90.7 Å². The lowest BCUT2D eigenvalue weighted by atomic mass is 10.2. The first-order chi connectivity index (χ1) is 14.5. The third-order valence-corrected chi connectivity index (χ3v) is 11.4. The number of nitrogens with zero attached hydrogens (tertiary/aromatic N) is 3. The molecule has 7 nitrogen and oxygen atoms in total. The molecule has 1 heterocycles. The summed E-state index contributed by atoms with van der Waals surface area (Å²) < 4.78 is 28.8. The number of amides is 1. The molecule has 1 atom stereocenters. The van der Waals surface area contributed by atoms with E-state index in [9.17, 15) is 9.00 Å². The fourth-order valence-electron chi connectivity index (χ4n) is 2.53. The van der Waals surface area contributed by atoms with E-state index in [0.717, 1.165) is 5.69 Å². The number of rotatable bonds is 5. The normalized spacial score (nSPS) is 14.5. The molecular weight excluding hydrogens is 442 g/mol. The molecule has 0 bridgehead atoms. The van der Waals surface area contributed by atoms with Gasteiger partial charge in [-0.25, -0.2) is 19.0 Å². The predicted octanol–water partition coefficient (Wildman–Crippen LogP) is 6.06. The highest BCUT2D eigenvalue weighted by Gasteiger charge is 2.37. The SMILES string of the molecule is CC(C)(C)OC(=O)N=S(C)(=O)c1ccccc1-c1nccc(CO[Si](C)(C)C(C)(C)C)n1. The van der Waals surface area contributed by atoms with Crippen molar-refractivity contribution < 1.29 is 18.2 Å². The molecular formula is C23H35N3O4SSi. The van der Waals surface area contributed by atoms with Gasteiger partial charge in [0.1, 0.15) is 5.60 Å². The fourth-order valence-corrected chi connectivity index (χ4v) is 4.79. The zero-order valence-electron chi connectivity index (χ0n) is 20.6. The van der Waals surface area contributed by atoms with Gasteiger partial charge in [0, 0.05) is 18.0 Å². The van der Waals surface area contributed by atoms with E-state index in [1.54, 1.807) is 45.2 Å². The molecule has 0 aliphatic carbocycles. The molecule has 0 saturated heterocycles. The summed E-state index contributed by atoms with van der Waals surface area (Å²) in [6.07, 6.45) is 2.21. The zero-order valence-corrected chi connectivity index (χ0v) is 22.4. The summed E-state index contributed by atoms with van der Waals surface area (Å²) in [7, 11) is -5.02. The van der Waals surface area contributed by atoms with Crippen LogP contribution < -0.4 is 0 Å². The van der Waals surface area contributed by atoms with Gasteiger partial charge in [-0.2, -0.15) is 0 Å². The lowest BCUT2D eigenvalue weighted by Crippen LogP contribution is -2.40. The highest BCUT2D eigenvalue weighted by atomic mass is 32.2. The summed E-state index contributed by atoms with van der Waals surface area (Å²) in [4.78, 5) is 21.6. The molecule has 1 aromatic heterocycles. The van der Waals surface area contributed by atoms with Crippen molar-refractivity contribution in [3.63, 3.8) is 0 Å². The van der Waals surface area contributed by atoms with E-state index in [1.165, 1.54) is 6.26 Å². The van der Waals surface area contributed by atoms with Crippen LogP contribution in [0.2, 0.25) is 18.1 Å². The standard InChI is InChI=1S/C23H35N3O4SSi/c1-22(2,3)30-21(27)26-31(7,28)19-13-11-10-12-18(19)20-24-15-14-17(25-20)16-29-32(8,9)23(4,5)6/h10-15H,16H2,1-9H3. The van der Waals surface area contributed by atoms with E-state index in [4.69, 9.17) is 9.16 Å². The first-order valence-electron chi connectivity index (χ1n) is 10.5. The Labute approximate surface area is 193 Å². The Morgan fingerprint density at radius 1 is 1.09 bits per heavy atom. The van der Waals surface area contributed by atoms with E-state index in [2.05, 4.69) is 48.2 Å². The maximum atomic E-state index is 13.4. The quantitative estimate of drug-likeness (QED) is 0.486. The molecule has 2 rings (SSSR count). The average molecular weight is 478 g/mol. The van der Waals surface area contributed by atoms with Crippen molar-refractivity contribution in [2.45, 2.75) is 76.8 Å². The van der Waals surface area contributed by atoms with Crippen molar-refractivity contribution in [1.29, 1.82) is 0 Å². The summed E-state index contributed by atoms with van der Waals surface area (Å²) in [6.45, 7) is 16.5. The molecule has 176 valence electrons. The summed E-state index contributed by atoms with van der Waals surface area (Å²) in [5.41, 5.74) is 0.569. The number of hydrogen-bond acceptors (Lipinski definition) is 6. The first-order valence-corrected chi connectivity index (χ1v) is 15.4. The minimum absolute atomic E-state index is 0.0896. The van der Waals surface area contributed by atoms with Gasteiger partial charge >= 0.3 is 6.09 Å². The van der Waals surface area contributed by atoms with E-state index >= 15 is 0 Å². The number of carbonyl (C=O) groups excluding carboxylic acids is 1. The van der Waals surface area contributed by atoms with Gasteiger partial charge in [-0.1, -0.05) is 32.9 Å². The molecule has 0 aliphatic rings. The molecule has 0 saturated carbocycles. The van der Waals surface area contributed by atoms with Gasteiger partial charge in [0.15, 0.2) is 14.1 Å². The fraction of sp³-hybridized carbons (Fsp3) is 0.522. The van der Waals surface area contributed by atoms with Crippen molar-refractivity contribution in [2.24, 2.45) is 4.36 Å². The highest BCUT2D eigenvalue weighted by Crippen LogP contribution is 2.37. The predicted molar refractivity (Wildman–Crippen MR) is 130 cm³/mol. The van der Waals surface area contributed by atoms with Crippen LogP contribution in [0.3, 0.4) is 0 Å². The van der Waals surface area contributed by atoms with E-state index < -0.39 is 29.7 Å². The van der Waals surface area contributed by atoms with Crippen LogP contribution in [0.4, 0.5) is 4.79 Å². The molecule has 0 aliphatic heterocycles. The molecule has 0 fully saturated rings. The maximum Gasteiger partial charge on any atom is 0.442 e. The van der Waals surface area contributed by atoms with Gasteiger partial charge in [-0.05, 0) is 57.1 Å². The third kappa shape index (κ3) is 6.95. The van der Waals surface area contributed by atoms with Crippen LogP contribution in [0.15, 0.2) is 45.8 Å². The number of hydrogen-bond donors (Lipinski definition) is 0. The Balaban J connectivity index is 2.40. The van der Waals surface area contributed by atoms with E-state index in [0.29, 0.717) is 22.9 Å². The Kier molecular flexibility index (Phi) is 7.69. The van der Waals surface area contributed by atoms with Crippen LogP contribution in [0.1, 0.15) is 47.2 Å². The van der Waals surface area contributed by atoms with Gasteiger partial charge in [0.2, 0.25) is 0 Å². The van der Waals surface area contributed by atoms with Crippen LogP contribution in [0, 0.1) is 0 Å². The third-order valence-electron chi connectivity index (χ3n) is 5.28. The van der Waals surface area contributed by atoms with Gasteiger partial charge in [-0.15, -0.1) is 4.36 Å². The summed E-state index contributed by atoms with van der Waals surface area (Å²) in [5, 5.41) is 0.0896. The van der Waals surface area contributed by atoms with Gasteiger partial charge in [0.05, 0.1) is 26.9 Å². The lowest BCUT2D eigenvalue weighted by molar-refractivity contribution is 0.0607. The summed E-state index contributed by atoms with van der Waals surface area (Å²) >= 11 is 0. The molecule has 0 spiro atoms. The minimum atomic E-state index is -3.08. The van der Waals surface area contributed by atoms with Crippen LogP contribution in [0.5, 0.6) is 0 Å². The van der Waals surface area contributed by atoms with Crippen molar-refractivity contribution in [2.75, 3.05) is 6.26 Å². The maximum absolute atomic E-state index is 13.4. The van der Waals surface area contributed by atoms with Crippen LogP contribution >= 0.6 is 0 Å². The van der Waals surface area contributed by atoms with Crippen LogP contribution in [-0.2, 0) is 25.5 Å². The molecule has 0 N–H and O–H groups in total. The Morgan fingerprint density at radius 3 is 2.31 bits per heavy atom. The monoisotopic (exact) mass is 477 g/mol. The van der Waals surface area contributed by atoms with Crippen LogP contribution in [-0.4, -0.2) is 40.4 Å². The molecule has 1 unspecified atom stereocenters. The average Bonchev–Trinajstić information content (AvgIpc) is 2.64. The van der Waals surface area contributed by atoms with Gasteiger partial charge < -0.3 is 9.16 Å². The van der Waals surface area contributed by atoms with Crippen LogP contribution in [0.25, 0.3) is 11.4 Å². The second-order valence-corrected chi connectivity index (χ2v) is 17.3. The van der Waals surface area contributed by atoms with Gasteiger partial charge in [0.25, 0.3) is 0 Å². The second-order valence-electron chi connectivity index (χ2n) is 10.3. The smallest absolute Gasteiger partial charge is 0.442 e. The minimum Gasteiger partial charge on any atom is -0.442 e. The lowest BCUT2D eigenvalue weighted by Gasteiger charge is -2.36. The van der Waals surface area contributed by atoms with Crippen molar-refractivity contribution in [3.05, 3.63) is 42.2 Å². The van der Waals surface area contributed by atoms with Crippen molar-refractivity contribution in [1.82, 2.24) is 9.97 Å². The Hall–Kier alpha value is -2.10. The van der Waals surface area contributed by atoms with E-state index in [1.807, 2.05) is 12.1 Å². The number of ether oxygens (including phenoxy) is 1. The largest absolute Gasteiger partial charge is 0.442 e. The first kappa shape index (κ1) is 26.2. The second kappa shape index (κ2) is 9.41. The highest BCUT2D eigenvalue weighted by molar-refractivity contribution is 7.93. The molecule has 2 aromatic rings. The molecule has 1 amide bonds. The van der Waals surface area contributed by atoms with E-state index in [-0.39, 0.29) is 5.04 Å². The molecule has 32 heavy (non-hydrogen) atoms.